The summed E-state index contributed by atoms with van der Waals surface area (Å²) in [6.07, 6.45) is 1.00. The highest BCUT2D eigenvalue weighted by Gasteiger charge is 2.10. The molecule has 0 fully saturated rings. The second kappa shape index (κ2) is 5.42. The van der Waals surface area contributed by atoms with Crippen molar-refractivity contribution in [3.63, 3.8) is 0 Å². The van der Waals surface area contributed by atoms with Crippen molar-refractivity contribution in [3.8, 4) is 0 Å². The molecule has 76 valence electrons. The smallest absolute Gasteiger partial charge is 0.134 e. The van der Waals surface area contributed by atoms with Gasteiger partial charge in [0.25, 0.3) is 0 Å². The maximum absolute atomic E-state index is 4.09. The lowest BCUT2D eigenvalue weighted by molar-refractivity contribution is 0.630. The van der Waals surface area contributed by atoms with Crippen molar-refractivity contribution in [1.29, 1.82) is 0 Å². The largest absolute Gasteiger partial charge is 0.315 e. The number of rotatable bonds is 0. The van der Waals surface area contributed by atoms with Crippen LogP contribution in [0.25, 0.3) is 0 Å². The lowest BCUT2D eigenvalue weighted by atomic mass is 10.4. The Labute approximate surface area is 89.9 Å². The first-order valence-corrected chi connectivity index (χ1v) is 3.97. The van der Waals surface area contributed by atoms with Crippen LogP contribution in [0.5, 0.6) is 0 Å². The van der Waals surface area contributed by atoms with E-state index in [0.717, 1.165) is 37.7 Å². The molecule has 1 aliphatic rings. The Morgan fingerprint density at radius 2 is 2.00 bits per heavy atom. The van der Waals surface area contributed by atoms with Crippen molar-refractivity contribution in [2.75, 3.05) is 13.1 Å². The Kier molecular flexibility index (Phi) is 5.29. The molecule has 1 aromatic rings. The molecule has 1 aliphatic heterocycles. The number of nitrogens with zero attached hydrogens (tertiary/aromatic N) is 3. The third kappa shape index (κ3) is 2.56. The van der Waals surface area contributed by atoms with Crippen LogP contribution >= 0.6 is 24.8 Å². The Balaban J connectivity index is 0.000000720. The Morgan fingerprint density at radius 1 is 1.23 bits per heavy atom. The molecule has 0 saturated heterocycles. The zero-order valence-electron chi connectivity index (χ0n) is 7.49. The number of halogens is 2. The van der Waals surface area contributed by atoms with E-state index < -0.39 is 0 Å². The zero-order chi connectivity index (χ0) is 7.68. The molecule has 0 saturated carbocycles. The number of fused-ring (bicyclic) bond motifs is 1. The fourth-order valence-corrected chi connectivity index (χ4v) is 1.42. The average Bonchev–Trinajstić information content (AvgIpc) is 2.25. The summed E-state index contributed by atoms with van der Waals surface area (Å²) < 4.78 is 2.18. The van der Waals surface area contributed by atoms with Gasteiger partial charge in [0.05, 0.1) is 0 Å². The molecule has 1 aromatic heterocycles. The van der Waals surface area contributed by atoms with Crippen molar-refractivity contribution in [2.45, 2.75) is 19.9 Å². The van der Waals surface area contributed by atoms with Crippen molar-refractivity contribution in [3.05, 3.63) is 11.6 Å². The van der Waals surface area contributed by atoms with Gasteiger partial charge in [0.2, 0.25) is 0 Å². The molecule has 0 spiro atoms. The first-order valence-electron chi connectivity index (χ1n) is 3.97. The molecule has 1 N–H and O–H groups in total. The van der Waals surface area contributed by atoms with E-state index in [1.54, 1.807) is 0 Å². The number of hydrogen-bond donors (Lipinski definition) is 1. The lowest BCUT2D eigenvalue weighted by Gasteiger charge is -2.01. The summed E-state index contributed by atoms with van der Waals surface area (Å²) in [6, 6.07) is 0. The minimum atomic E-state index is 0. The van der Waals surface area contributed by atoms with Crippen LogP contribution in [0.2, 0.25) is 0 Å². The maximum atomic E-state index is 4.09. The fourth-order valence-electron chi connectivity index (χ4n) is 1.42. The van der Waals surface area contributed by atoms with Crippen LogP contribution in [0, 0.1) is 6.92 Å². The molecule has 2 rings (SSSR count). The third-order valence-electron chi connectivity index (χ3n) is 2.05. The Bertz CT molecular complexity index is 261. The summed E-state index contributed by atoms with van der Waals surface area (Å²) in [7, 11) is 0. The van der Waals surface area contributed by atoms with E-state index >= 15 is 0 Å². The van der Waals surface area contributed by atoms with Crippen LogP contribution in [0.4, 0.5) is 0 Å². The first kappa shape index (κ1) is 12.7. The van der Waals surface area contributed by atoms with Crippen molar-refractivity contribution >= 4 is 24.8 Å². The van der Waals surface area contributed by atoms with Crippen LogP contribution in [-0.2, 0) is 13.0 Å². The van der Waals surface area contributed by atoms with Gasteiger partial charge in [0.1, 0.15) is 11.6 Å². The minimum Gasteiger partial charge on any atom is -0.315 e. The van der Waals surface area contributed by atoms with Gasteiger partial charge >= 0.3 is 0 Å². The Morgan fingerprint density at radius 3 is 2.77 bits per heavy atom. The first-order chi connectivity index (χ1) is 5.38. The topological polar surface area (TPSA) is 42.7 Å². The molecule has 0 amide bonds. The van der Waals surface area contributed by atoms with Crippen LogP contribution in [0.1, 0.15) is 11.6 Å². The molecule has 6 heteroatoms. The van der Waals surface area contributed by atoms with Crippen LogP contribution in [0.3, 0.4) is 0 Å². The highest BCUT2D eigenvalue weighted by atomic mass is 35.5. The predicted octanol–water partition coefficient (Wildman–Crippen LogP) is 0.576. The number of hydrogen-bond acceptors (Lipinski definition) is 3. The van der Waals surface area contributed by atoms with Crippen molar-refractivity contribution in [2.24, 2.45) is 0 Å². The lowest BCUT2D eigenvalue weighted by Crippen LogP contribution is -2.17. The number of nitrogens with one attached hydrogen (secondary N) is 1. The summed E-state index contributed by atoms with van der Waals surface area (Å²) >= 11 is 0. The second-order valence-electron chi connectivity index (χ2n) is 2.82. The molecular formula is C7H14Cl2N4. The molecule has 13 heavy (non-hydrogen) atoms. The third-order valence-corrected chi connectivity index (χ3v) is 2.05. The molecule has 0 atom stereocenters. The van der Waals surface area contributed by atoms with Gasteiger partial charge in [-0.05, 0) is 6.92 Å². The van der Waals surface area contributed by atoms with Gasteiger partial charge in [0.15, 0.2) is 0 Å². The van der Waals surface area contributed by atoms with Gasteiger partial charge in [-0.3, -0.25) is 0 Å². The SMILES string of the molecule is Cc1nnc2n1CCNCC2.Cl.Cl. The van der Waals surface area contributed by atoms with E-state index in [0.29, 0.717) is 0 Å². The van der Waals surface area contributed by atoms with Crippen LogP contribution in [-0.4, -0.2) is 27.9 Å². The standard InChI is InChI=1S/C7H12N4.2ClH/c1-6-9-10-7-2-3-8-4-5-11(6)7;;/h8H,2-5H2,1H3;2*1H. The maximum Gasteiger partial charge on any atom is 0.134 e. The summed E-state index contributed by atoms with van der Waals surface area (Å²) in [4.78, 5) is 0. The summed E-state index contributed by atoms with van der Waals surface area (Å²) in [6.45, 7) is 5.07. The van der Waals surface area contributed by atoms with E-state index in [9.17, 15) is 0 Å². The van der Waals surface area contributed by atoms with E-state index in [1.807, 2.05) is 6.92 Å². The summed E-state index contributed by atoms with van der Waals surface area (Å²) in [5, 5.41) is 11.4. The molecule has 0 unspecified atom stereocenters. The van der Waals surface area contributed by atoms with Crippen LogP contribution < -0.4 is 5.32 Å². The Hall–Kier alpha value is -0.320. The van der Waals surface area contributed by atoms with Crippen molar-refractivity contribution in [1.82, 2.24) is 20.1 Å². The number of aromatic nitrogens is 3. The molecule has 0 bridgehead atoms. The zero-order valence-corrected chi connectivity index (χ0v) is 9.12. The van der Waals surface area contributed by atoms with Gasteiger partial charge in [-0.2, -0.15) is 0 Å². The molecule has 0 radical (unpaired) electrons. The average molecular weight is 225 g/mol. The molecule has 0 aromatic carbocycles. The highest BCUT2D eigenvalue weighted by molar-refractivity contribution is 5.85. The van der Waals surface area contributed by atoms with E-state index in [2.05, 4.69) is 20.1 Å². The highest BCUT2D eigenvalue weighted by Crippen LogP contribution is 2.02. The summed E-state index contributed by atoms with van der Waals surface area (Å²) in [5.41, 5.74) is 0. The molecule has 4 nitrogen and oxygen atoms in total. The molecular weight excluding hydrogens is 211 g/mol. The summed E-state index contributed by atoms with van der Waals surface area (Å²) in [5.74, 6) is 2.15. The molecule has 0 aliphatic carbocycles. The van der Waals surface area contributed by atoms with Gasteiger partial charge in [-0.1, -0.05) is 0 Å². The quantitative estimate of drug-likeness (QED) is 0.702. The molecule has 2 heterocycles. The van der Waals surface area contributed by atoms with E-state index in [-0.39, 0.29) is 24.8 Å². The monoisotopic (exact) mass is 224 g/mol. The predicted molar refractivity (Wildman–Crippen MR) is 55.8 cm³/mol. The van der Waals surface area contributed by atoms with Gasteiger partial charge in [-0.15, -0.1) is 35.0 Å². The minimum absolute atomic E-state index is 0. The van der Waals surface area contributed by atoms with Gasteiger partial charge < -0.3 is 9.88 Å². The fraction of sp³-hybridized carbons (Fsp3) is 0.714. The van der Waals surface area contributed by atoms with E-state index in [1.165, 1.54) is 0 Å². The van der Waals surface area contributed by atoms with Gasteiger partial charge in [0, 0.05) is 26.1 Å². The number of aryl methyl sites for hydroxylation is 1. The van der Waals surface area contributed by atoms with Crippen LogP contribution in [0.15, 0.2) is 0 Å². The van der Waals surface area contributed by atoms with Crippen molar-refractivity contribution < 1.29 is 0 Å². The van der Waals surface area contributed by atoms with E-state index in [4.69, 9.17) is 0 Å². The normalized spacial score (nSPS) is 14.8. The second-order valence-corrected chi connectivity index (χ2v) is 2.82. The van der Waals surface area contributed by atoms with Gasteiger partial charge in [-0.25, -0.2) is 0 Å².